The first-order valence-corrected chi connectivity index (χ1v) is 12.9. The van der Waals surface area contributed by atoms with Crippen LogP contribution in [0.4, 0.5) is 5.69 Å². The number of benzene rings is 1. The third kappa shape index (κ3) is 5.51. The van der Waals surface area contributed by atoms with Crippen LogP contribution >= 0.6 is 0 Å². The van der Waals surface area contributed by atoms with E-state index in [4.69, 9.17) is 0 Å². The van der Waals surface area contributed by atoms with E-state index in [9.17, 15) is 9.59 Å². The SMILES string of the molecule is CC(C)C(=O)c1ccc(N2CCC(CC(=O)N3CC([C@@H](c4ccccc4)C(C)C)C3)CC2)cn1. The highest BCUT2D eigenvalue weighted by molar-refractivity contribution is 5.95. The molecule has 34 heavy (non-hydrogen) atoms. The Hall–Kier alpha value is -2.69. The van der Waals surface area contributed by atoms with E-state index in [1.807, 2.05) is 32.2 Å². The van der Waals surface area contributed by atoms with Crippen LogP contribution < -0.4 is 4.90 Å². The molecule has 0 N–H and O–H groups in total. The fourth-order valence-electron chi connectivity index (χ4n) is 5.61. The Labute approximate surface area is 204 Å². The second-order valence-electron chi connectivity index (χ2n) is 10.8. The van der Waals surface area contributed by atoms with Gasteiger partial charge in [-0.3, -0.25) is 14.6 Å². The van der Waals surface area contributed by atoms with Crippen molar-refractivity contribution in [2.75, 3.05) is 31.1 Å². The van der Waals surface area contributed by atoms with Crippen molar-refractivity contribution in [3.8, 4) is 0 Å². The Morgan fingerprint density at radius 2 is 1.65 bits per heavy atom. The molecular formula is C29H39N3O2. The molecule has 2 fully saturated rings. The summed E-state index contributed by atoms with van der Waals surface area (Å²) in [5.41, 5.74) is 3.01. The van der Waals surface area contributed by atoms with Gasteiger partial charge in [0.1, 0.15) is 5.69 Å². The smallest absolute Gasteiger partial charge is 0.222 e. The molecule has 0 bridgehead atoms. The van der Waals surface area contributed by atoms with E-state index in [0.717, 1.165) is 44.7 Å². The second-order valence-corrected chi connectivity index (χ2v) is 10.8. The number of rotatable bonds is 8. The van der Waals surface area contributed by atoms with Gasteiger partial charge in [0.15, 0.2) is 5.78 Å². The summed E-state index contributed by atoms with van der Waals surface area (Å²) in [7, 11) is 0. The van der Waals surface area contributed by atoms with E-state index >= 15 is 0 Å². The van der Waals surface area contributed by atoms with Crippen molar-refractivity contribution in [3.05, 3.63) is 59.9 Å². The van der Waals surface area contributed by atoms with Gasteiger partial charge in [-0.2, -0.15) is 0 Å². The van der Waals surface area contributed by atoms with Crippen LogP contribution in [0.5, 0.6) is 0 Å². The minimum absolute atomic E-state index is 0.0390. The zero-order valence-corrected chi connectivity index (χ0v) is 21.1. The Morgan fingerprint density at radius 1 is 0.971 bits per heavy atom. The highest BCUT2D eigenvalue weighted by Crippen LogP contribution is 2.38. The Morgan fingerprint density at radius 3 is 2.21 bits per heavy atom. The standard InChI is InChI=1S/C29H39N3O2/c1-20(2)28(23-8-6-5-7-9-23)24-18-32(19-24)27(33)16-22-12-14-31(15-13-22)25-10-11-26(30-17-25)29(34)21(3)4/h5-11,17,20-22,24,28H,12-16,18-19H2,1-4H3/t28-/m1/s1. The molecule has 5 heteroatoms. The molecule has 182 valence electrons. The molecule has 0 unspecified atom stereocenters. The lowest BCUT2D eigenvalue weighted by atomic mass is 9.74. The average molecular weight is 462 g/mol. The van der Waals surface area contributed by atoms with Gasteiger partial charge >= 0.3 is 0 Å². The first kappa shape index (κ1) is 24.4. The molecule has 0 spiro atoms. The number of aromatic nitrogens is 1. The van der Waals surface area contributed by atoms with E-state index in [2.05, 4.69) is 59.0 Å². The van der Waals surface area contributed by atoms with Crippen molar-refractivity contribution in [2.24, 2.45) is 23.7 Å². The topological polar surface area (TPSA) is 53.5 Å². The number of Topliss-reactive ketones (excluding diaryl/α,β-unsaturated/α-hetero) is 1. The highest BCUT2D eigenvalue weighted by atomic mass is 16.2. The van der Waals surface area contributed by atoms with Crippen molar-refractivity contribution in [3.63, 3.8) is 0 Å². The fourth-order valence-corrected chi connectivity index (χ4v) is 5.61. The van der Waals surface area contributed by atoms with E-state index < -0.39 is 0 Å². The Balaban J connectivity index is 1.23. The molecule has 5 nitrogen and oxygen atoms in total. The predicted octanol–water partition coefficient (Wildman–Crippen LogP) is 5.43. The van der Waals surface area contributed by atoms with Gasteiger partial charge in [-0.1, -0.05) is 58.0 Å². The lowest BCUT2D eigenvalue weighted by Gasteiger charge is -2.46. The minimum Gasteiger partial charge on any atom is -0.370 e. The zero-order valence-electron chi connectivity index (χ0n) is 21.1. The van der Waals surface area contributed by atoms with Crippen LogP contribution in [0, 0.1) is 23.7 Å². The average Bonchev–Trinajstić information content (AvgIpc) is 2.81. The first-order chi connectivity index (χ1) is 16.3. The maximum Gasteiger partial charge on any atom is 0.222 e. The fraction of sp³-hybridized carbons (Fsp3) is 0.552. The molecule has 2 aliphatic rings. The monoisotopic (exact) mass is 461 g/mol. The normalized spacial score (nSPS) is 18.3. The molecule has 2 aromatic rings. The summed E-state index contributed by atoms with van der Waals surface area (Å²) in [5.74, 6) is 2.47. The number of pyridine rings is 1. The van der Waals surface area contributed by atoms with Crippen LogP contribution in [0.3, 0.4) is 0 Å². The third-order valence-electron chi connectivity index (χ3n) is 7.64. The van der Waals surface area contributed by atoms with Crippen LogP contribution in [-0.2, 0) is 4.79 Å². The molecule has 1 aromatic carbocycles. The summed E-state index contributed by atoms with van der Waals surface area (Å²) in [6, 6.07) is 14.6. The quantitative estimate of drug-likeness (QED) is 0.492. The van der Waals surface area contributed by atoms with Crippen molar-refractivity contribution >= 4 is 17.4 Å². The number of anilines is 1. The van der Waals surface area contributed by atoms with Crippen molar-refractivity contribution < 1.29 is 9.59 Å². The third-order valence-corrected chi connectivity index (χ3v) is 7.64. The van der Waals surface area contributed by atoms with Gasteiger partial charge in [0.2, 0.25) is 5.91 Å². The largest absolute Gasteiger partial charge is 0.370 e. The van der Waals surface area contributed by atoms with Crippen molar-refractivity contribution in [1.82, 2.24) is 9.88 Å². The zero-order chi connectivity index (χ0) is 24.2. The molecule has 3 heterocycles. The van der Waals surface area contributed by atoms with E-state index in [1.54, 1.807) is 0 Å². The second kappa shape index (κ2) is 10.7. The lowest BCUT2D eigenvalue weighted by Crippen LogP contribution is -2.53. The molecule has 1 amide bonds. The van der Waals surface area contributed by atoms with Crippen LogP contribution in [0.2, 0.25) is 0 Å². The van der Waals surface area contributed by atoms with Gasteiger partial charge in [0.25, 0.3) is 0 Å². The molecule has 1 aromatic heterocycles. The first-order valence-electron chi connectivity index (χ1n) is 12.9. The summed E-state index contributed by atoms with van der Waals surface area (Å²) in [4.78, 5) is 33.8. The molecule has 2 saturated heterocycles. The van der Waals surface area contributed by atoms with E-state index in [-0.39, 0.29) is 11.7 Å². The van der Waals surface area contributed by atoms with Gasteiger partial charge in [-0.25, -0.2) is 0 Å². The van der Waals surface area contributed by atoms with E-state index in [1.165, 1.54) is 5.56 Å². The molecule has 1 atom stereocenters. The summed E-state index contributed by atoms with van der Waals surface area (Å²) in [6.45, 7) is 12.0. The minimum atomic E-state index is -0.0390. The number of hydrogen-bond donors (Lipinski definition) is 0. The van der Waals surface area contributed by atoms with Gasteiger partial charge in [0.05, 0.1) is 11.9 Å². The maximum absolute atomic E-state index is 12.9. The van der Waals surface area contributed by atoms with Crippen LogP contribution in [0.15, 0.2) is 48.7 Å². The van der Waals surface area contributed by atoms with E-state index in [0.29, 0.717) is 41.7 Å². The number of piperidine rings is 1. The summed E-state index contributed by atoms with van der Waals surface area (Å²) in [6.07, 6.45) is 4.53. The number of hydrogen-bond acceptors (Lipinski definition) is 4. The summed E-state index contributed by atoms with van der Waals surface area (Å²) in [5, 5.41) is 0. The molecule has 0 saturated carbocycles. The van der Waals surface area contributed by atoms with Gasteiger partial charge < -0.3 is 9.80 Å². The summed E-state index contributed by atoms with van der Waals surface area (Å²) < 4.78 is 0. The number of carbonyl (C=O) groups excluding carboxylic acids is 2. The molecule has 0 radical (unpaired) electrons. The van der Waals surface area contributed by atoms with Crippen molar-refractivity contribution in [1.29, 1.82) is 0 Å². The molecule has 2 aliphatic heterocycles. The molecular weight excluding hydrogens is 422 g/mol. The maximum atomic E-state index is 12.9. The predicted molar refractivity (Wildman–Crippen MR) is 137 cm³/mol. The lowest BCUT2D eigenvalue weighted by molar-refractivity contribution is -0.139. The Bertz CT molecular complexity index is 957. The number of nitrogens with zero attached hydrogens (tertiary/aromatic N) is 3. The van der Waals surface area contributed by atoms with Gasteiger partial charge in [-0.05, 0) is 48.3 Å². The van der Waals surface area contributed by atoms with Crippen LogP contribution in [0.25, 0.3) is 0 Å². The number of ketones is 1. The highest BCUT2D eigenvalue weighted by Gasteiger charge is 2.38. The number of carbonyl (C=O) groups is 2. The summed E-state index contributed by atoms with van der Waals surface area (Å²) >= 11 is 0. The van der Waals surface area contributed by atoms with Crippen LogP contribution in [0.1, 0.15) is 68.9 Å². The number of amides is 1. The van der Waals surface area contributed by atoms with Gasteiger partial charge in [-0.15, -0.1) is 0 Å². The Kier molecular flexibility index (Phi) is 7.70. The van der Waals surface area contributed by atoms with Gasteiger partial charge in [0, 0.05) is 44.4 Å². The van der Waals surface area contributed by atoms with Crippen LogP contribution in [-0.4, -0.2) is 47.8 Å². The van der Waals surface area contributed by atoms with Crippen molar-refractivity contribution in [2.45, 2.75) is 52.9 Å². The molecule has 4 rings (SSSR count). The molecule has 0 aliphatic carbocycles. The number of likely N-dealkylation sites (tertiary alicyclic amines) is 1.